The fraction of sp³-hybridized carbons (Fsp3) is 0.154. The van der Waals surface area contributed by atoms with Crippen molar-refractivity contribution in [3.63, 3.8) is 0 Å². The molecule has 16 heavy (non-hydrogen) atoms. The first-order valence-electron chi connectivity index (χ1n) is 5.17. The number of hydrogen-bond donors (Lipinski definition) is 1. The first kappa shape index (κ1) is 10.9. The second-order valence-corrected chi connectivity index (χ2v) is 4.66. The van der Waals surface area contributed by atoms with Crippen molar-refractivity contribution in [1.29, 1.82) is 0 Å². The highest BCUT2D eigenvalue weighted by molar-refractivity contribution is 7.19. The van der Waals surface area contributed by atoms with Gasteiger partial charge in [0.15, 0.2) is 0 Å². The summed E-state index contributed by atoms with van der Waals surface area (Å²) in [6.45, 7) is 4.08. The monoisotopic (exact) mass is 231 g/mol. The van der Waals surface area contributed by atoms with Crippen LogP contribution in [0.4, 0.5) is 0 Å². The topological polar surface area (TPSA) is 29.1 Å². The zero-order valence-corrected chi connectivity index (χ0v) is 9.72. The highest BCUT2D eigenvalue weighted by Crippen LogP contribution is 2.25. The lowest BCUT2D eigenvalue weighted by atomic mass is 10.2. The Morgan fingerprint density at radius 1 is 1.44 bits per heavy atom. The summed E-state index contributed by atoms with van der Waals surface area (Å²) in [5, 5.41) is 4.05. The number of nitrogens with one attached hydrogen (secondary N) is 1. The van der Waals surface area contributed by atoms with E-state index in [1.165, 1.54) is 21.0 Å². The molecule has 0 aliphatic heterocycles. The van der Waals surface area contributed by atoms with E-state index in [-0.39, 0.29) is 5.91 Å². The van der Waals surface area contributed by atoms with Gasteiger partial charge in [-0.1, -0.05) is 24.8 Å². The van der Waals surface area contributed by atoms with E-state index in [0.717, 1.165) is 6.42 Å². The molecule has 0 saturated carbocycles. The van der Waals surface area contributed by atoms with Gasteiger partial charge in [-0.2, -0.15) is 0 Å². The summed E-state index contributed by atoms with van der Waals surface area (Å²) in [7, 11) is 0. The number of carbonyl (C=O) groups is 1. The van der Waals surface area contributed by atoms with Crippen LogP contribution in [-0.4, -0.2) is 12.5 Å². The lowest BCUT2D eigenvalue weighted by Crippen LogP contribution is -2.22. The Bertz CT molecular complexity index is 482. The van der Waals surface area contributed by atoms with E-state index in [4.69, 9.17) is 0 Å². The number of fused-ring (bicyclic) bond motifs is 1. The first-order chi connectivity index (χ1) is 7.79. The second-order valence-electron chi connectivity index (χ2n) is 3.50. The molecule has 0 unspecified atom stereocenters. The third-order valence-electron chi connectivity index (χ3n) is 2.33. The van der Waals surface area contributed by atoms with Gasteiger partial charge in [0.05, 0.1) is 0 Å². The molecule has 1 heterocycles. The molecule has 82 valence electrons. The molecular formula is C13H13NOS. The molecule has 2 aromatic rings. The molecule has 1 aromatic heterocycles. The third-order valence-corrected chi connectivity index (χ3v) is 3.51. The maximum absolute atomic E-state index is 10.9. The standard InChI is InChI=1S/C13H13NOS/c1-2-13(15)14-8-7-11-9-10-5-3-4-6-12(10)16-11/h2-6,9H,1,7-8H2,(H,14,15). The number of thiophene rings is 1. The van der Waals surface area contributed by atoms with E-state index in [2.05, 4.69) is 30.1 Å². The summed E-state index contributed by atoms with van der Waals surface area (Å²) in [6.07, 6.45) is 2.17. The Balaban J connectivity index is 1.99. The molecule has 0 aliphatic carbocycles. The summed E-state index contributed by atoms with van der Waals surface area (Å²) < 4.78 is 1.30. The highest BCUT2D eigenvalue weighted by Gasteiger charge is 2.01. The zero-order chi connectivity index (χ0) is 11.4. The van der Waals surface area contributed by atoms with Crippen molar-refractivity contribution in [2.24, 2.45) is 0 Å². The Kier molecular flexibility index (Phi) is 3.37. The molecular weight excluding hydrogens is 218 g/mol. The van der Waals surface area contributed by atoms with Crippen LogP contribution < -0.4 is 5.32 Å². The van der Waals surface area contributed by atoms with Gasteiger partial charge < -0.3 is 5.32 Å². The highest BCUT2D eigenvalue weighted by atomic mass is 32.1. The van der Waals surface area contributed by atoms with Crippen LogP contribution in [0.15, 0.2) is 43.0 Å². The van der Waals surface area contributed by atoms with Gasteiger partial charge in [-0.15, -0.1) is 11.3 Å². The van der Waals surface area contributed by atoms with Crippen LogP contribution >= 0.6 is 11.3 Å². The molecule has 1 aromatic carbocycles. The second kappa shape index (κ2) is 4.94. The van der Waals surface area contributed by atoms with Gasteiger partial charge in [-0.25, -0.2) is 0 Å². The summed E-state index contributed by atoms with van der Waals surface area (Å²) in [4.78, 5) is 12.2. The SMILES string of the molecule is C=CC(=O)NCCc1cc2ccccc2s1. The maximum atomic E-state index is 10.9. The Morgan fingerprint density at radius 2 is 2.25 bits per heavy atom. The van der Waals surface area contributed by atoms with Gasteiger partial charge in [-0.3, -0.25) is 4.79 Å². The summed E-state index contributed by atoms with van der Waals surface area (Å²) >= 11 is 1.78. The minimum Gasteiger partial charge on any atom is -0.352 e. The van der Waals surface area contributed by atoms with Crippen molar-refractivity contribution in [1.82, 2.24) is 5.32 Å². The van der Waals surface area contributed by atoms with Crippen LogP contribution in [0, 0.1) is 0 Å². The first-order valence-corrected chi connectivity index (χ1v) is 5.99. The largest absolute Gasteiger partial charge is 0.352 e. The minimum absolute atomic E-state index is 0.110. The van der Waals surface area contributed by atoms with Crippen molar-refractivity contribution in [2.75, 3.05) is 6.54 Å². The number of carbonyl (C=O) groups excluding carboxylic acids is 1. The zero-order valence-electron chi connectivity index (χ0n) is 8.90. The predicted octanol–water partition coefficient (Wildman–Crippen LogP) is 2.75. The molecule has 0 atom stereocenters. The van der Waals surface area contributed by atoms with Gasteiger partial charge in [0.25, 0.3) is 0 Å². The molecule has 3 heteroatoms. The fourth-order valence-electron chi connectivity index (χ4n) is 1.54. The van der Waals surface area contributed by atoms with E-state index >= 15 is 0 Å². The Labute approximate surface area is 98.6 Å². The van der Waals surface area contributed by atoms with E-state index in [1.54, 1.807) is 11.3 Å². The van der Waals surface area contributed by atoms with Crippen LogP contribution in [-0.2, 0) is 11.2 Å². The number of rotatable bonds is 4. The van der Waals surface area contributed by atoms with Crippen molar-refractivity contribution in [3.8, 4) is 0 Å². The molecule has 0 saturated heterocycles. The smallest absolute Gasteiger partial charge is 0.243 e. The Morgan fingerprint density at radius 3 is 3.00 bits per heavy atom. The molecule has 1 N–H and O–H groups in total. The van der Waals surface area contributed by atoms with Crippen LogP contribution in [0.2, 0.25) is 0 Å². The predicted molar refractivity (Wildman–Crippen MR) is 68.7 cm³/mol. The van der Waals surface area contributed by atoms with Crippen LogP contribution in [0.25, 0.3) is 10.1 Å². The van der Waals surface area contributed by atoms with Crippen molar-refractivity contribution in [2.45, 2.75) is 6.42 Å². The van der Waals surface area contributed by atoms with Crippen LogP contribution in [0.5, 0.6) is 0 Å². The lowest BCUT2D eigenvalue weighted by molar-refractivity contribution is -0.116. The normalized spacial score (nSPS) is 10.2. The van der Waals surface area contributed by atoms with Crippen molar-refractivity contribution >= 4 is 27.3 Å². The summed E-state index contributed by atoms with van der Waals surface area (Å²) in [5.41, 5.74) is 0. The molecule has 0 bridgehead atoms. The molecule has 2 nitrogen and oxygen atoms in total. The van der Waals surface area contributed by atoms with Gasteiger partial charge in [-0.05, 0) is 30.0 Å². The average Bonchev–Trinajstić information content (AvgIpc) is 2.71. The van der Waals surface area contributed by atoms with E-state index < -0.39 is 0 Å². The van der Waals surface area contributed by atoms with Crippen molar-refractivity contribution < 1.29 is 4.79 Å². The van der Waals surface area contributed by atoms with Crippen LogP contribution in [0.3, 0.4) is 0 Å². The maximum Gasteiger partial charge on any atom is 0.243 e. The molecule has 1 amide bonds. The summed E-state index contributed by atoms with van der Waals surface area (Å²) in [5.74, 6) is -0.110. The molecule has 2 rings (SSSR count). The molecule has 0 radical (unpaired) electrons. The van der Waals surface area contributed by atoms with Gasteiger partial charge in [0.2, 0.25) is 5.91 Å². The van der Waals surface area contributed by atoms with Gasteiger partial charge in [0.1, 0.15) is 0 Å². The quantitative estimate of drug-likeness (QED) is 0.805. The van der Waals surface area contributed by atoms with Crippen LogP contribution in [0.1, 0.15) is 4.88 Å². The van der Waals surface area contributed by atoms with Crippen molar-refractivity contribution in [3.05, 3.63) is 47.9 Å². The lowest BCUT2D eigenvalue weighted by Gasteiger charge is -1.98. The average molecular weight is 231 g/mol. The van der Waals surface area contributed by atoms with E-state index in [0.29, 0.717) is 6.54 Å². The number of amides is 1. The van der Waals surface area contributed by atoms with Gasteiger partial charge in [0, 0.05) is 16.1 Å². The molecule has 0 aliphatic rings. The Hall–Kier alpha value is -1.61. The fourth-order valence-corrected chi connectivity index (χ4v) is 2.61. The van der Waals surface area contributed by atoms with E-state index in [9.17, 15) is 4.79 Å². The minimum atomic E-state index is -0.110. The van der Waals surface area contributed by atoms with Gasteiger partial charge >= 0.3 is 0 Å². The third kappa shape index (κ3) is 2.49. The number of benzene rings is 1. The molecule has 0 fully saturated rings. The summed E-state index contributed by atoms with van der Waals surface area (Å²) in [6, 6.07) is 10.5. The molecule has 0 spiro atoms. The van der Waals surface area contributed by atoms with E-state index in [1.807, 2.05) is 12.1 Å². The number of hydrogen-bond acceptors (Lipinski definition) is 2.